The Morgan fingerprint density at radius 2 is 1.90 bits per heavy atom. The summed E-state index contributed by atoms with van der Waals surface area (Å²) in [4.78, 5) is 15.1. The topological polar surface area (TPSA) is 71.8 Å². The lowest BCUT2D eigenvalue weighted by Gasteiger charge is -2.27. The lowest BCUT2D eigenvalue weighted by atomic mass is 10.2. The Balaban J connectivity index is 1.80. The fraction of sp³-hybridized carbons (Fsp3) is 0.476. The highest BCUT2D eigenvalue weighted by molar-refractivity contribution is 7.89. The van der Waals surface area contributed by atoms with E-state index in [1.807, 2.05) is 36.9 Å². The van der Waals surface area contributed by atoms with Gasteiger partial charge in [-0.1, -0.05) is 17.7 Å². The first-order valence-electron chi connectivity index (χ1n) is 9.78. The number of carbonyl (C=O) groups excluding carboxylic acids is 1. The van der Waals surface area contributed by atoms with Crippen molar-refractivity contribution >= 4 is 15.9 Å². The number of aromatic nitrogens is 1. The molecule has 1 heterocycles. The third-order valence-electron chi connectivity index (χ3n) is 5.21. The molecule has 0 N–H and O–H groups in total. The van der Waals surface area contributed by atoms with E-state index in [0.29, 0.717) is 6.54 Å². The minimum atomic E-state index is -3.79. The average Bonchev–Trinajstić information content (AvgIpc) is 3.45. The number of rotatable bonds is 10. The first-order chi connectivity index (χ1) is 13.8. The maximum absolute atomic E-state index is 13.2. The van der Waals surface area contributed by atoms with Gasteiger partial charge in [0.15, 0.2) is 0 Å². The van der Waals surface area contributed by atoms with Crippen LogP contribution in [0.4, 0.5) is 0 Å². The molecule has 0 unspecified atom stereocenters. The summed E-state index contributed by atoms with van der Waals surface area (Å²) in [5.74, 6) is -0.180. The maximum Gasteiger partial charge on any atom is 0.243 e. The average molecular weight is 420 g/mol. The van der Waals surface area contributed by atoms with Crippen molar-refractivity contribution in [3.63, 3.8) is 0 Å². The van der Waals surface area contributed by atoms with E-state index in [1.165, 1.54) is 11.4 Å². The number of hydrogen-bond acceptors (Lipinski definition) is 4. The molecule has 0 spiro atoms. The Labute approximate surface area is 172 Å². The minimum absolute atomic E-state index is 0.126. The predicted molar refractivity (Wildman–Crippen MR) is 111 cm³/mol. The SMILES string of the molecule is COCCN(CC(=O)N(Cc1cccn1C)C1CC1)S(=O)(=O)c1ccc(C)cc1. The second-order valence-electron chi connectivity index (χ2n) is 7.51. The van der Waals surface area contributed by atoms with Crippen LogP contribution in [0.5, 0.6) is 0 Å². The predicted octanol–water partition coefficient (Wildman–Crippen LogP) is 2.16. The summed E-state index contributed by atoms with van der Waals surface area (Å²) in [5, 5.41) is 0. The number of nitrogens with zero attached hydrogens (tertiary/aromatic N) is 3. The molecule has 1 amide bonds. The van der Waals surface area contributed by atoms with Gasteiger partial charge in [-0.3, -0.25) is 4.79 Å². The second-order valence-corrected chi connectivity index (χ2v) is 9.45. The lowest BCUT2D eigenvalue weighted by Crippen LogP contribution is -2.44. The summed E-state index contributed by atoms with van der Waals surface area (Å²) in [5.41, 5.74) is 2.00. The van der Waals surface area contributed by atoms with Crippen molar-refractivity contribution < 1.29 is 17.9 Å². The van der Waals surface area contributed by atoms with Crippen molar-refractivity contribution in [2.24, 2.45) is 7.05 Å². The summed E-state index contributed by atoms with van der Waals surface area (Å²) >= 11 is 0. The summed E-state index contributed by atoms with van der Waals surface area (Å²) in [7, 11) is -0.333. The van der Waals surface area contributed by atoms with Crippen LogP contribution in [0, 0.1) is 6.92 Å². The number of aryl methyl sites for hydroxylation is 2. The molecule has 2 aromatic rings. The molecular formula is C21H29N3O4S. The number of benzene rings is 1. The Bertz CT molecular complexity index is 933. The van der Waals surface area contributed by atoms with Gasteiger partial charge in [0.1, 0.15) is 0 Å². The molecule has 7 nitrogen and oxygen atoms in total. The van der Waals surface area contributed by atoms with Crippen LogP contribution in [-0.2, 0) is 33.1 Å². The van der Waals surface area contributed by atoms with Gasteiger partial charge < -0.3 is 14.2 Å². The number of ether oxygens (including phenoxy) is 1. The Hall–Kier alpha value is -2.16. The van der Waals surface area contributed by atoms with Gasteiger partial charge in [-0.05, 0) is 44.0 Å². The molecule has 1 aromatic carbocycles. The molecule has 0 saturated heterocycles. The Morgan fingerprint density at radius 1 is 1.21 bits per heavy atom. The van der Waals surface area contributed by atoms with E-state index in [9.17, 15) is 13.2 Å². The quantitative estimate of drug-likeness (QED) is 0.592. The van der Waals surface area contributed by atoms with Crippen LogP contribution in [0.15, 0.2) is 47.5 Å². The number of sulfonamides is 1. The van der Waals surface area contributed by atoms with Gasteiger partial charge >= 0.3 is 0 Å². The van der Waals surface area contributed by atoms with E-state index in [4.69, 9.17) is 4.74 Å². The van der Waals surface area contributed by atoms with Gasteiger partial charge in [-0.15, -0.1) is 0 Å². The molecular weight excluding hydrogens is 390 g/mol. The molecule has 3 rings (SSSR count). The molecule has 0 radical (unpaired) electrons. The van der Waals surface area contributed by atoms with E-state index in [-0.39, 0.29) is 36.5 Å². The standard InChI is InChI=1S/C21H29N3O4S/c1-17-6-10-20(11-7-17)29(26,27)23(13-14-28-3)16-21(25)24(18-8-9-18)15-19-5-4-12-22(19)2/h4-7,10-12,18H,8-9,13-16H2,1-3H3. The van der Waals surface area contributed by atoms with Gasteiger partial charge in [0.25, 0.3) is 0 Å². The van der Waals surface area contributed by atoms with Crippen LogP contribution in [0.1, 0.15) is 24.1 Å². The highest BCUT2D eigenvalue weighted by atomic mass is 32.2. The van der Waals surface area contributed by atoms with Crippen LogP contribution >= 0.6 is 0 Å². The molecule has 29 heavy (non-hydrogen) atoms. The fourth-order valence-corrected chi connectivity index (χ4v) is 4.59. The number of amides is 1. The van der Waals surface area contributed by atoms with Crippen LogP contribution in [0.2, 0.25) is 0 Å². The maximum atomic E-state index is 13.2. The minimum Gasteiger partial charge on any atom is -0.383 e. The summed E-state index contributed by atoms with van der Waals surface area (Å²) in [6.45, 7) is 2.54. The van der Waals surface area contributed by atoms with Gasteiger partial charge in [-0.2, -0.15) is 4.31 Å². The van der Waals surface area contributed by atoms with Crippen LogP contribution in [0.25, 0.3) is 0 Å². The van der Waals surface area contributed by atoms with Gasteiger partial charge in [-0.25, -0.2) is 8.42 Å². The summed E-state index contributed by atoms with van der Waals surface area (Å²) in [6.07, 6.45) is 3.86. The van der Waals surface area contributed by atoms with E-state index in [0.717, 1.165) is 24.1 Å². The first-order valence-corrected chi connectivity index (χ1v) is 11.2. The van der Waals surface area contributed by atoms with Crippen molar-refractivity contribution in [3.05, 3.63) is 53.9 Å². The number of methoxy groups -OCH3 is 1. The van der Waals surface area contributed by atoms with Crippen LogP contribution in [-0.4, -0.2) is 60.9 Å². The van der Waals surface area contributed by atoms with Crippen LogP contribution in [0.3, 0.4) is 0 Å². The van der Waals surface area contributed by atoms with Gasteiger partial charge in [0.05, 0.1) is 24.6 Å². The van der Waals surface area contributed by atoms with Crippen molar-refractivity contribution in [2.75, 3.05) is 26.8 Å². The molecule has 0 aliphatic heterocycles. The van der Waals surface area contributed by atoms with Gasteiger partial charge in [0.2, 0.25) is 15.9 Å². The zero-order valence-corrected chi connectivity index (χ0v) is 18.1. The van der Waals surface area contributed by atoms with E-state index in [1.54, 1.807) is 29.2 Å². The largest absolute Gasteiger partial charge is 0.383 e. The number of carbonyl (C=O) groups is 1. The summed E-state index contributed by atoms with van der Waals surface area (Å²) < 4.78 is 34.6. The van der Waals surface area contributed by atoms with Crippen LogP contribution < -0.4 is 0 Å². The molecule has 158 valence electrons. The molecule has 1 aliphatic carbocycles. The van der Waals surface area contributed by atoms with E-state index >= 15 is 0 Å². The molecule has 0 bridgehead atoms. The summed E-state index contributed by atoms with van der Waals surface area (Å²) in [6, 6.07) is 10.8. The zero-order chi connectivity index (χ0) is 21.0. The molecule has 1 fully saturated rings. The third kappa shape index (κ3) is 5.26. The molecule has 0 atom stereocenters. The highest BCUT2D eigenvalue weighted by Gasteiger charge is 2.35. The smallest absolute Gasteiger partial charge is 0.243 e. The van der Waals surface area contributed by atoms with E-state index in [2.05, 4.69) is 0 Å². The lowest BCUT2D eigenvalue weighted by molar-refractivity contribution is -0.132. The Kier molecular flexibility index (Phi) is 6.77. The van der Waals surface area contributed by atoms with Crippen molar-refractivity contribution in [3.8, 4) is 0 Å². The molecule has 1 saturated carbocycles. The van der Waals surface area contributed by atoms with Crippen molar-refractivity contribution in [1.82, 2.24) is 13.8 Å². The molecule has 1 aliphatic rings. The third-order valence-corrected chi connectivity index (χ3v) is 7.07. The fourth-order valence-electron chi connectivity index (χ4n) is 3.22. The molecule has 8 heteroatoms. The zero-order valence-electron chi connectivity index (χ0n) is 17.2. The normalized spacial score (nSPS) is 14.3. The van der Waals surface area contributed by atoms with E-state index < -0.39 is 10.0 Å². The first kappa shape index (κ1) is 21.5. The Morgan fingerprint density at radius 3 is 2.45 bits per heavy atom. The molecule has 1 aromatic heterocycles. The second kappa shape index (κ2) is 9.11. The highest BCUT2D eigenvalue weighted by Crippen LogP contribution is 2.29. The van der Waals surface area contributed by atoms with Crippen molar-refractivity contribution in [2.45, 2.75) is 37.2 Å². The van der Waals surface area contributed by atoms with Gasteiger partial charge in [0, 0.05) is 38.6 Å². The monoisotopic (exact) mass is 419 g/mol. The number of hydrogen-bond donors (Lipinski definition) is 0. The van der Waals surface area contributed by atoms with Crippen molar-refractivity contribution in [1.29, 1.82) is 0 Å².